The average molecular weight is 789 g/mol. The minimum absolute atomic E-state index is 0.0639. The molecule has 0 spiro atoms. The molecule has 306 valence electrons. The number of hydrogen-bond donors (Lipinski definition) is 3. The molecule has 0 bridgehead atoms. The molecule has 0 saturated carbocycles. The van der Waals surface area contributed by atoms with Crippen LogP contribution >= 0.6 is 7.82 Å². The monoisotopic (exact) mass is 788 g/mol. The molecule has 1 aromatic carbocycles. The molecule has 13 nitrogen and oxygen atoms in total. The second kappa shape index (κ2) is 23.9. The Morgan fingerprint density at radius 2 is 1.65 bits per heavy atom. The number of ether oxygens (including phenoxy) is 3. The van der Waals surface area contributed by atoms with Gasteiger partial charge < -0.3 is 30.6 Å². The zero-order valence-electron chi connectivity index (χ0n) is 32.5. The number of phosphoric acid groups is 1. The first kappa shape index (κ1) is 44.7. The number of benzene rings is 1. The normalized spacial score (nSPS) is 18.8. The van der Waals surface area contributed by atoms with Gasteiger partial charge in [0.05, 0.1) is 37.1 Å². The van der Waals surface area contributed by atoms with Gasteiger partial charge in [-0.25, -0.2) is 18.5 Å². The van der Waals surface area contributed by atoms with Gasteiger partial charge in [0.2, 0.25) is 0 Å². The lowest BCUT2D eigenvalue weighted by Crippen LogP contribution is -2.43. The Labute approximate surface area is 325 Å². The average Bonchev–Trinajstić information content (AvgIpc) is 3.79. The zero-order valence-corrected chi connectivity index (χ0v) is 33.4. The number of rotatable bonds is 29. The smallest absolute Gasteiger partial charge is 0.382 e. The van der Waals surface area contributed by atoms with E-state index in [1.54, 1.807) is 10.6 Å². The lowest BCUT2D eigenvalue weighted by molar-refractivity contribution is -0.0771. The van der Waals surface area contributed by atoms with Crippen LogP contribution < -0.4 is 11.5 Å². The molecule has 0 aliphatic carbocycles. The van der Waals surface area contributed by atoms with Gasteiger partial charge in [0.1, 0.15) is 42.2 Å². The molecule has 1 unspecified atom stereocenters. The van der Waals surface area contributed by atoms with Crippen LogP contribution in [0.3, 0.4) is 0 Å². The van der Waals surface area contributed by atoms with Gasteiger partial charge in [-0.3, -0.25) is 9.05 Å². The first-order valence-electron chi connectivity index (χ1n) is 20.2. The van der Waals surface area contributed by atoms with E-state index in [0.717, 1.165) is 31.0 Å². The lowest BCUT2D eigenvalue weighted by Gasteiger charge is -2.26. The van der Waals surface area contributed by atoms with Crippen molar-refractivity contribution in [3.8, 4) is 6.07 Å². The van der Waals surface area contributed by atoms with Gasteiger partial charge in [0, 0.05) is 6.61 Å². The molecule has 55 heavy (non-hydrogen) atoms. The molecule has 15 heteroatoms. The van der Waals surface area contributed by atoms with Crippen molar-refractivity contribution < 1.29 is 37.1 Å². The maximum atomic E-state index is 14.0. The van der Waals surface area contributed by atoms with Crippen LogP contribution in [0, 0.1) is 17.1 Å². The van der Waals surface area contributed by atoms with Gasteiger partial charge in [-0.05, 0) is 55.2 Å². The van der Waals surface area contributed by atoms with Crippen LogP contribution in [0.2, 0.25) is 0 Å². The van der Waals surface area contributed by atoms with Crippen LogP contribution in [0.4, 0.5) is 10.2 Å². The number of nitrogens with two attached hydrogens (primary N) is 2. The molecule has 1 saturated heterocycles. The summed E-state index contributed by atoms with van der Waals surface area (Å²) in [6, 6.07) is 9.46. The Morgan fingerprint density at radius 1 is 1.00 bits per heavy atom. The number of anilines is 1. The van der Waals surface area contributed by atoms with Gasteiger partial charge in [-0.1, -0.05) is 103 Å². The van der Waals surface area contributed by atoms with Crippen LogP contribution in [-0.2, 0) is 34.4 Å². The van der Waals surface area contributed by atoms with Crippen molar-refractivity contribution in [2.45, 2.75) is 147 Å². The number of hydrogen-bond acceptors (Lipinski definition) is 11. The summed E-state index contributed by atoms with van der Waals surface area (Å²) in [6.45, 7) is 2.02. The molecule has 0 radical (unpaired) electrons. The zero-order chi connectivity index (χ0) is 39.4. The van der Waals surface area contributed by atoms with Gasteiger partial charge in [0.25, 0.3) is 0 Å². The molecule has 3 heterocycles. The van der Waals surface area contributed by atoms with Crippen molar-refractivity contribution in [3.63, 3.8) is 0 Å². The number of unbranched alkanes of at least 4 members (excludes halogenated alkanes) is 15. The third kappa shape index (κ3) is 16.2. The number of fused-ring (bicyclic) bond motifs is 1. The summed E-state index contributed by atoms with van der Waals surface area (Å²) in [5.41, 5.74) is 13.0. The Morgan fingerprint density at radius 3 is 2.31 bits per heavy atom. The van der Waals surface area contributed by atoms with Gasteiger partial charge in [-0.2, -0.15) is 10.4 Å². The summed E-state index contributed by atoms with van der Waals surface area (Å²) in [5.74, 6) is -0.233. The third-order valence-electron chi connectivity index (χ3n) is 9.96. The molecular weight excluding hydrogens is 726 g/mol. The maximum Gasteiger partial charge on any atom is 0.472 e. The highest BCUT2D eigenvalue weighted by molar-refractivity contribution is 7.47. The predicted molar refractivity (Wildman–Crippen MR) is 209 cm³/mol. The Bertz CT molecular complexity index is 1660. The van der Waals surface area contributed by atoms with E-state index in [9.17, 15) is 19.1 Å². The van der Waals surface area contributed by atoms with Crippen molar-refractivity contribution in [1.82, 2.24) is 14.6 Å². The third-order valence-corrected chi connectivity index (χ3v) is 10.9. The highest BCUT2D eigenvalue weighted by atomic mass is 31.2. The molecule has 4 atom stereocenters. The standard InChI is InChI=1S/C40H62FN6O7P/c1-2-3-4-5-6-7-8-9-10-11-12-13-14-15-16-17-22-50-28-35(51-27-33-23-32(26-42)24-34(41)25-33)29-52-55(48,49)53-30-40(44)21-20-38(54-40)36-18-19-37-39(43)45-31-46-47(36)37/h18-19,23-25,31,35,38H,2-17,20-22,27-30,44H2,1H3,(H,48,49)(H2,43,45,46)/t35-,38-,40+/m1/s1. The van der Waals surface area contributed by atoms with E-state index in [-0.39, 0.29) is 25.4 Å². The summed E-state index contributed by atoms with van der Waals surface area (Å²) in [7, 11) is -4.60. The summed E-state index contributed by atoms with van der Waals surface area (Å²) in [5, 5.41) is 13.5. The van der Waals surface area contributed by atoms with E-state index >= 15 is 0 Å². The Balaban J connectivity index is 1.14. The minimum Gasteiger partial charge on any atom is -0.382 e. The largest absolute Gasteiger partial charge is 0.472 e. The molecule has 4 rings (SSSR count). The van der Waals surface area contributed by atoms with Crippen LogP contribution in [0.1, 0.15) is 145 Å². The molecule has 1 aliphatic rings. The fourth-order valence-electron chi connectivity index (χ4n) is 6.84. The van der Waals surface area contributed by atoms with E-state index in [1.165, 1.54) is 102 Å². The lowest BCUT2D eigenvalue weighted by atomic mass is 10.0. The molecule has 0 amide bonds. The topological polar surface area (TPSA) is 189 Å². The number of nitrogen functional groups attached to an aromatic ring is 1. The number of aromatic nitrogens is 3. The second-order valence-corrected chi connectivity index (χ2v) is 16.2. The van der Waals surface area contributed by atoms with Crippen LogP contribution in [0.5, 0.6) is 0 Å². The number of halogens is 1. The van der Waals surface area contributed by atoms with E-state index in [1.807, 2.05) is 12.1 Å². The van der Waals surface area contributed by atoms with Crippen LogP contribution in [0.15, 0.2) is 36.7 Å². The van der Waals surface area contributed by atoms with Gasteiger partial charge >= 0.3 is 7.82 Å². The number of phosphoric ester groups is 1. The first-order chi connectivity index (χ1) is 26.6. The maximum absolute atomic E-state index is 14.0. The fraction of sp³-hybridized carbons (Fsp3) is 0.675. The van der Waals surface area contributed by atoms with Crippen molar-refractivity contribution in [2.75, 3.05) is 32.2 Å². The van der Waals surface area contributed by atoms with Gasteiger partial charge in [-0.15, -0.1) is 0 Å². The molecule has 1 fully saturated rings. The quantitative estimate of drug-likeness (QED) is 0.0448. The first-order valence-corrected chi connectivity index (χ1v) is 21.7. The van der Waals surface area contributed by atoms with E-state index in [2.05, 4.69) is 17.0 Å². The van der Waals surface area contributed by atoms with Crippen molar-refractivity contribution in [1.29, 1.82) is 5.26 Å². The van der Waals surface area contributed by atoms with Crippen LogP contribution in [0.25, 0.3) is 5.52 Å². The van der Waals surface area contributed by atoms with E-state index in [4.69, 9.17) is 34.7 Å². The number of nitriles is 1. The van der Waals surface area contributed by atoms with Gasteiger partial charge in [0.15, 0.2) is 5.82 Å². The Hall–Kier alpha value is -2.99. The minimum atomic E-state index is -4.60. The van der Waals surface area contributed by atoms with Crippen molar-refractivity contribution in [3.05, 3.63) is 59.3 Å². The van der Waals surface area contributed by atoms with E-state index < -0.39 is 38.2 Å². The summed E-state index contributed by atoms with van der Waals surface area (Å²) in [4.78, 5) is 14.6. The summed E-state index contributed by atoms with van der Waals surface area (Å²) < 4.78 is 57.1. The summed E-state index contributed by atoms with van der Waals surface area (Å²) in [6.07, 6.45) is 21.5. The second-order valence-electron chi connectivity index (χ2n) is 14.7. The molecule has 3 aromatic rings. The number of nitrogens with zero attached hydrogens (tertiary/aromatic N) is 4. The molecule has 1 aliphatic heterocycles. The van der Waals surface area contributed by atoms with E-state index in [0.29, 0.717) is 36.3 Å². The molecule has 2 aromatic heterocycles. The Kier molecular flexibility index (Phi) is 19.5. The summed E-state index contributed by atoms with van der Waals surface area (Å²) >= 11 is 0. The highest BCUT2D eigenvalue weighted by Gasteiger charge is 2.41. The van der Waals surface area contributed by atoms with Crippen molar-refractivity contribution in [2.24, 2.45) is 5.73 Å². The fourth-order valence-corrected chi connectivity index (χ4v) is 7.65. The molecular formula is C40H62FN6O7P. The predicted octanol–water partition coefficient (Wildman–Crippen LogP) is 8.83. The highest BCUT2D eigenvalue weighted by Crippen LogP contribution is 2.46. The van der Waals surface area contributed by atoms with Crippen LogP contribution in [-0.4, -0.2) is 57.7 Å². The molecule has 5 N–H and O–H groups in total. The SMILES string of the molecule is CCCCCCCCCCCCCCCCCCOC[C@H](COP(=O)(O)OC[C@]1(N)CC[C@H](c2ccc3c(N)ncnn23)O1)OCc1cc(F)cc(C#N)c1. The van der Waals surface area contributed by atoms with Crippen molar-refractivity contribution >= 4 is 19.2 Å².